The molecule has 2 aromatic rings. The van der Waals surface area contributed by atoms with Crippen LogP contribution in [0.4, 0.5) is 5.69 Å². The summed E-state index contributed by atoms with van der Waals surface area (Å²) in [6.07, 6.45) is 1.55. The SMILES string of the molecule is COc1ccc(OC)c(C(=O)C=C(C)Nc2ccc(C)cc2)c1. The minimum atomic E-state index is -0.141. The normalized spacial score (nSPS) is 11.0. The van der Waals surface area contributed by atoms with E-state index in [-0.39, 0.29) is 5.78 Å². The number of ketones is 1. The monoisotopic (exact) mass is 311 g/mol. The standard InChI is InChI=1S/C19H21NO3/c1-13-5-7-15(8-6-13)20-14(2)11-18(21)17-12-16(22-3)9-10-19(17)23-4/h5-12,20H,1-4H3. The number of benzene rings is 2. The van der Waals surface area contributed by atoms with Gasteiger partial charge in [0.2, 0.25) is 0 Å². The summed E-state index contributed by atoms with van der Waals surface area (Å²) >= 11 is 0. The maximum Gasteiger partial charge on any atom is 0.191 e. The lowest BCUT2D eigenvalue weighted by Crippen LogP contribution is -2.04. The Kier molecular flexibility index (Phi) is 5.41. The van der Waals surface area contributed by atoms with Gasteiger partial charge in [0.25, 0.3) is 0 Å². The number of ether oxygens (including phenoxy) is 2. The van der Waals surface area contributed by atoms with E-state index in [1.54, 1.807) is 38.5 Å². The third-order valence-corrected chi connectivity index (χ3v) is 3.41. The minimum Gasteiger partial charge on any atom is -0.497 e. The van der Waals surface area contributed by atoms with Crippen LogP contribution in [-0.2, 0) is 0 Å². The molecule has 0 amide bonds. The first-order valence-corrected chi connectivity index (χ1v) is 7.32. The van der Waals surface area contributed by atoms with E-state index in [0.717, 1.165) is 11.4 Å². The molecular formula is C19H21NO3. The number of nitrogens with one attached hydrogen (secondary N) is 1. The zero-order valence-electron chi connectivity index (χ0n) is 13.8. The summed E-state index contributed by atoms with van der Waals surface area (Å²) in [5.74, 6) is 1.000. The molecular weight excluding hydrogens is 290 g/mol. The Morgan fingerprint density at radius 2 is 1.74 bits per heavy atom. The molecule has 4 heteroatoms. The van der Waals surface area contributed by atoms with E-state index in [2.05, 4.69) is 5.32 Å². The number of anilines is 1. The van der Waals surface area contributed by atoms with Crippen molar-refractivity contribution in [2.75, 3.05) is 19.5 Å². The van der Waals surface area contributed by atoms with Gasteiger partial charge in [-0.05, 0) is 44.2 Å². The molecule has 0 aliphatic rings. The summed E-state index contributed by atoms with van der Waals surface area (Å²) < 4.78 is 10.4. The molecule has 0 aliphatic carbocycles. The lowest BCUT2D eigenvalue weighted by molar-refractivity contribution is 0.104. The van der Waals surface area contributed by atoms with Crippen molar-refractivity contribution in [1.82, 2.24) is 0 Å². The van der Waals surface area contributed by atoms with Gasteiger partial charge in [-0.1, -0.05) is 17.7 Å². The Morgan fingerprint density at radius 1 is 1.04 bits per heavy atom. The predicted molar refractivity (Wildman–Crippen MR) is 92.4 cm³/mol. The van der Waals surface area contributed by atoms with Crippen LogP contribution >= 0.6 is 0 Å². The second-order valence-corrected chi connectivity index (χ2v) is 5.25. The molecule has 0 saturated carbocycles. The quantitative estimate of drug-likeness (QED) is 0.641. The highest BCUT2D eigenvalue weighted by molar-refractivity contribution is 6.07. The third-order valence-electron chi connectivity index (χ3n) is 3.41. The topological polar surface area (TPSA) is 47.6 Å². The number of hydrogen-bond acceptors (Lipinski definition) is 4. The van der Waals surface area contributed by atoms with E-state index in [9.17, 15) is 4.79 Å². The zero-order valence-corrected chi connectivity index (χ0v) is 13.8. The molecule has 0 saturated heterocycles. The molecule has 1 N–H and O–H groups in total. The van der Waals surface area contributed by atoms with Gasteiger partial charge in [0.1, 0.15) is 11.5 Å². The first-order valence-electron chi connectivity index (χ1n) is 7.32. The molecule has 0 aliphatic heterocycles. The summed E-state index contributed by atoms with van der Waals surface area (Å²) in [7, 11) is 3.11. The molecule has 23 heavy (non-hydrogen) atoms. The van der Waals surface area contributed by atoms with Crippen LogP contribution in [0.5, 0.6) is 11.5 Å². The van der Waals surface area contributed by atoms with E-state index in [1.807, 2.05) is 38.1 Å². The fourth-order valence-corrected chi connectivity index (χ4v) is 2.18. The van der Waals surface area contributed by atoms with Crippen molar-refractivity contribution in [1.29, 1.82) is 0 Å². The second-order valence-electron chi connectivity index (χ2n) is 5.25. The molecule has 0 heterocycles. The van der Waals surface area contributed by atoms with E-state index in [0.29, 0.717) is 17.1 Å². The fourth-order valence-electron chi connectivity index (χ4n) is 2.18. The van der Waals surface area contributed by atoms with Crippen molar-refractivity contribution in [2.45, 2.75) is 13.8 Å². The number of carbonyl (C=O) groups is 1. The number of carbonyl (C=O) groups excluding carboxylic acids is 1. The Hall–Kier alpha value is -2.75. The molecule has 0 atom stereocenters. The smallest absolute Gasteiger partial charge is 0.191 e. The number of aryl methyl sites for hydroxylation is 1. The highest BCUT2D eigenvalue weighted by Gasteiger charge is 2.12. The van der Waals surface area contributed by atoms with Crippen LogP contribution in [-0.4, -0.2) is 20.0 Å². The Bertz CT molecular complexity index is 718. The van der Waals surface area contributed by atoms with E-state index >= 15 is 0 Å². The number of allylic oxidation sites excluding steroid dienone is 2. The van der Waals surface area contributed by atoms with Crippen LogP contribution < -0.4 is 14.8 Å². The molecule has 2 rings (SSSR count). The lowest BCUT2D eigenvalue weighted by Gasteiger charge is -2.10. The maximum absolute atomic E-state index is 12.5. The first kappa shape index (κ1) is 16.6. The Labute approximate surface area is 136 Å². The summed E-state index contributed by atoms with van der Waals surface area (Å²) in [6.45, 7) is 3.88. The van der Waals surface area contributed by atoms with Crippen LogP contribution in [0.2, 0.25) is 0 Å². The lowest BCUT2D eigenvalue weighted by atomic mass is 10.1. The predicted octanol–water partition coefficient (Wildman–Crippen LogP) is 4.21. The summed E-state index contributed by atoms with van der Waals surface area (Å²) in [6, 6.07) is 13.1. The molecule has 0 spiro atoms. The summed E-state index contributed by atoms with van der Waals surface area (Å²) in [5.41, 5.74) is 3.35. The van der Waals surface area contributed by atoms with Crippen LogP contribution in [0.15, 0.2) is 54.2 Å². The van der Waals surface area contributed by atoms with Gasteiger partial charge < -0.3 is 14.8 Å². The first-order chi connectivity index (χ1) is 11.0. The van der Waals surface area contributed by atoms with Gasteiger partial charge in [-0.25, -0.2) is 0 Å². The maximum atomic E-state index is 12.5. The molecule has 0 bridgehead atoms. The molecule has 2 aromatic carbocycles. The van der Waals surface area contributed by atoms with Crippen molar-refractivity contribution in [3.05, 3.63) is 65.4 Å². The fraction of sp³-hybridized carbons (Fsp3) is 0.211. The van der Waals surface area contributed by atoms with E-state index < -0.39 is 0 Å². The van der Waals surface area contributed by atoms with Gasteiger partial charge in [-0.15, -0.1) is 0 Å². The van der Waals surface area contributed by atoms with Crippen molar-refractivity contribution in [3.63, 3.8) is 0 Å². The molecule has 0 radical (unpaired) electrons. The van der Waals surface area contributed by atoms with Gasteiger partial charge in [-0.2, -0.15) is 0 Å². The molecule has 0 unspecified atom stereocenters. The molecule has 4 nitrogen and oxygen atoms in total. The summed E-state index contributed by atoms with van der Waals surface area (Å²) in [5, 5.41) is 3.20. The minimum absolute atomic E-state index is 0.141. The molecule has 0 fully saturated rings. The van der Waals surface area contributed by atoms with Gasteiger partial charge in [0, 0.05) is 17.5 Å². The molecule has 0 aromatic heterocycles. The second kappa shape index (κ2) is 7.49. The summed E-state index contributed by atoms with van der Waals surface area (Å²) in [4.78, 5) is 12.5. The van der Waals surface area contributed by atoms with Gasteiger partial charge >= 0.3 is 0 Å². The highest BCUT2D eigenvalue weighted by Crippen LogP contribution is 2.25. The zero-order chi connectivity index (χ0) is 16.8. The van der Waals surface area contributed by atoms with E-state index in [4.69, 9.17) is 9.47 Å². The van der Waals surface area contributed by atoms with Crippen molar-refractivity contribution in [2.24, 2.45) is 0 Å². The van der Waals surface area contributed by atoms with Crippen LogP contribution in [0.3, 0.4) is 0 Å². The van der Waals surface area contributed by atoms with Crippen molar-refractivity contribution < 1.29 is 14.3 Å². The average molecular weight is 311 g/mol. The van der Waals surface area contributed by atoms with Crippen LogP contribution in [0.1, 0.15) is 22.8 Å². The Morgan fingerprint density at radius 3 is 2.35 bits per heavy atom. The van der Waals surface area contributed by atoms with Gasteiger partial charge in [-0.3, -0.25) is 4.79 Å². The van der Waals surface area contributed by atoms with Crippen molar-refractivity contribution in [3.8, 4) is 11.5 Å². The average Bonchev–Trinajstić information content (AvgIpc) is 2.56. The van der Waals surface area contributed by atoms with E-state index in [1.165, 1.54) is 5.56 Å². The largest absolute Gasteiger partial charge is 0.497 e. The number of rotatable bonds is 6. The Balaban J connectivity index is 2.20. The van der Waals surface area contributed by atoms with Gasteiger partial charge in [0.15, 0.2) is 5.78 Å². The van der Waals surface area contributed by atoms with Gasteiger partial charge in [0.05, 0.1) is 19.8 Å². The number of hydrogen-bond donors (Lipinski definition) is 1. The van der Waals surface area contributed by atoms with Crippen molar-refractivity contribution >= 4 is 11.5 Å². The highest BCUT2D eigenvalue weighted by atomic mass is 16.5. The number of methoxy groups -OCH3 is 2. The van der Waals surface area contributed by atoms with Crippen LogP contribution in [0.25, 0.3) is 0 Å². The van der Waals surface area contributed by atoms with Crippen LogP contribution in [0, 0.1) is 6.92 Å². The third kappa shape index (κ3) is 4.36. The molecule has 120 valence electrons.